The number of alkyl halides is 3. The Morgan fingerprint density at radius 2 is 1.67 bits per heavy atom. The number of piperazine rings is 1. The van der Waals surface area contributed by atoms with E-state index in [2.05, 4.69) is 12.1 Å². The summed E-state index contributed by atoms with van der Waals surface area (Å²) in [6.07, 6.45) is -1.00. The monoisotopic (exact) mass is 460 g/mol. The van der Waals surface area contributed by atoms with Crippen molar-refractivity contribution in [2.45, 2.75) is 37.8 Å². The van der Waals surface area contributed by atoms with E-state index in [4.69, 9.17) is 4.74 Å². The summed E-state index contributed by atoms with van der Waals surface area (Å²) < 4.78 is 43.5. The van der Waals surface area contributed by atoms with Gasteiger partial charge in [-0.3, -0.25) is 9.59 Å². The van der Waals surface area contributed by atoms with Crippen LogP contribution in [0.1, 0.15) is 52.2 Å². The number of benzene rings is 2. The molecule has 2 aliphatic rings. The zero-order valence-corrected chi connectivity index (χ0v) is 18.5. The van der Waals surface area contributed by atoms with Gasteiger partial charge in [0.05, 0.1) is 12.7 Å². The van der Waals surface area contributed by atoms with Crippen molar-refractivity contribution in [2.75, 3.05) is 33.3 Å². The van der Waals surface area contributed by atoms with Crippen molar-refractivity contribution < 1.29 is 27.5 Å². The van der Waals surface area contributed by atoms with Crippen molar-refractivity contribution in [3.63, 3.8) is 0 Å². The zero-order chi connectivity index (χ0) is 23.6. The van der Waals surface area contributed by atoms with Gasteiger partial charge < -0.3 is 14.5 Å². The zero-order valence-electron chi connectivity index (χ0n) is 18.5. The Labute approximate surface area is 191 Å². The molecule has 0 saturated carbocycles. The van der Waals surface area contributed by atoms with Gasteiger partial charge >= 0.3 is 6.18 Å². The summed E-state index contributed by atoms with van der Waals surface area (Å²) >= 11 is 0. The number of halogens is 3. The second-order valence-electron chi connectivity index (χ2n) is 8.61. The molecule has 4 rings (SSSR count). The van der Waals surface area contributed by atoms with E-state index < -0.39 is 11.7 Å². The van der Waals surface area contributed by atoms with Crippen molar-refractivity contribution in [3.05, 3.63) is 64.7 Å². The van der Waals surface area contributed by atoms with Crippen molar-refractivity contribution >= 4 is 11.8 Å². The molecule has 33 heavy (non-hydrogen) atoms. The third-order valence-electron chi connectivity index (χ3n) is 6.59. The van der Waals surface area contributed by atoms with E-state index in [0.717, 1.165) is 37.1 Å². The van der Waals surface area contributed by atoms with Gasteiger partial charge in [0.15, 0.2) is 0 Å². The first kappa shape index (κ1) is 23.1. The highest BCUT2D eigenvalue weighted by molar-refractivity contribution is 5.94. The van der Waals surface area contributed by atoms with E-state index in [1.165, 1.54) is 23.3 Å². The number of methoxy groups -OCH3 is 1. The van der Waals surface area contributed by atoms with Crippen LogP contribution >= 0.6 is 0 Å². The van der Waals surface area contributed by atoms with Gasteiger partial charge in [0, 0.05) is 38.2 Å². The van der Waals surface area contributed by atoms with Crippen LogP contribution in [0.5, 0.6) is 5.75 Å². The average molecular weight is 460 g/mol. The molecule has 1 heterocycles. The number of fused-ring (bicyclic) bond motifs is 1. The number of amides is 2. The van der Waals surface area contributed by atoms with Gasteiger partial charge in [-0.15, -0.1) is 0 Å². The van der Waals surface area contributed by atoms with Crippen molar-refractivity contribution in [2.24, 2.45) is 0 Å². The maximum atomic E-state index is 13.0. The molecule has 0 aromatic heterocycles. The number of ether oxygens (including phenoxy) is 1. The smallest absolute Gasteiger partial charge is 0.416 e. The number of hydrogen-bond donors (Lipinski definition) is 0. The standard InChI is InChI=1S/C25H27F3N2O3/c1-33-21-9-10-22-18(15-21)3-2-4-19(22)16-23(31)29-11-13-30(14-12-29)24(32)17-5-7-20(8-6-17)25(26,27)28/h5-10,15,19H,2-4,11-14,16H2,1H3. The predicted octanol–water partition coefficient (Wildman–Crippen LogP) is 4.51. The molecule has 0 N–H and O–H groups in total. The molecule has 1 unspecified atom stereocenters. The van der Waals surface area contributed by atoms with E-state index >= 15 is 0 Å². The minimum atomic E-state index is -4.43. The fourth-order valence-corrected chi connectivity index (χ4v) is 4.71. The van der Waals surface area contributed by atoms with E-state index in [1.54, 1.807) is 16.9 Å². The number of aryl methyl sites for hydroxylation is 1. The molecular formula is C25H27F3N2O3. The molecule has 1 atom stereocenters. The lowest BCUT2D eigenvalue weighted by Gasteiger charge is -2.36. The Hall–Kier alpha value is -3.03. The van der Waals surface area contributed by atoms with Crippen LogP contribution in [0.15, 0.2) is 42.5 Å². The maximum Gasteiger partial charge on any atom is 0.416 e. The van der Waals surface area contributed by atoms with Crippen LogP contribution in [-0.2, 0) is 17.4 Å². The maximum absolute atomic E-state index is 13.0. The average Bonchev–Trinajstić information content (AvgIpc) is 2.83. The lowest BCUT2D eigenvalue weighted by molar-refractivity contribution is -0.137. The molecule has 1 aliphatic carbocycles. The largest absolute Gasteiger partial charge is 0.497 e. The van der Waals surface area contributed by atoms with Crippen LogP contribution in [0.3, 0.4) is 0 Å². The summed E-state index contributed by atoms with van der Waals surface area (Å²) in [5.41, 5.74) is 1.89. The highest BCUT2D eigenvalue weighted by Crippen LogP contribution is 2.36. The number of carbonyl (C=O) groups is 2. The molecule has 176 valence electrons. The Morgan fingerprint density at radius 3 is 2.30 bits per heavy atom. The number of hydrogen-bond acceptors (Lipinski definition) is 3. The van der Waals surface area contributed by atoms with Crippen LogP contribution in [0, 0.1) is 0 Å². The normalized spacial score (nSPS) is 18.6. The molecule has 2 aromatic carbocycles. The van der Waals surface area contributed by atoms with E-state index in [0.29, 0.717) is 32.6 Å². The van der Waals surface area contributed by atoms with Crippen LogP contribution in [0.2, 0.25) is 0 Å². The van der Waals surface area contributed by atoms with Crippen molar-refractivity contribution in [3.8, 4) is 5.75 Å². The molecule has 1 aliphatic heterocycles. The highest BCUT2D eigenvalue weighted by Gasteiger charge is 2.31. The highest BCUT2D eigenvalue weighted by atomic mass is 19.4. The lowest BCUT2D eigenvalue weighted by Crippen LogP contribution is -2.50. The molecule has 1 saturated heterocycles. The fraction of sp³-hybridized carbons (Fsp3) is 0.440. The Bertz CT molecular complexity index is 1010. The summed E-state index contributed by atoms with van der Waals surface area (Å²) in [5.74, 6) is 0.768. The minimum absolute atomic E-state index is 0.0743. The van der Waals surface area contributed by atoms with Crippen LogP contribution in [-0.4, -0.2) is 54.9 Å². The van der Waals surface area contributed by atoms with E-state index in [-0.39, 0.29) is 23.3 Å². The van der Waals surface area contributed by atoms with Crippen LogP contribution in [0.25, 0.3) is 0 Å². The molecule has 0 bridgehead atoms. The topological polar surface area (TPSA) is 49.9 Å². The first-order chi connectivity index (χ1) is 15.8. The molecular weight excluding hydrogens is 433 g/mol. The SMILES string of the molecule is COc1ccc2c(c1)CCCC2CC(=O)N1CCN(C(=O)c2ccc(C(F)(F)F)cc2)CC1. The number of carbonyl (C=O) groups excluding carboxylic acids is 2. The fourth-order valence-electron chi connectivity index (χ4n) is 4.71. The summed E-state index contributed by atoms with van der Waals surface area (Å²) in [5, 5.41) is 0. The van der Waals surface area contributed by atoms with Gasteiger partial charge in [-0.25, -0.2) is 0 Å². The van der Waals surface area contributed by atoms with Crippen molar-refractivity contribution in [1.29, 1.82) is 0 Å². The van der Waals surface area contributed by atoms with E-state index in [9.17, 15) is 22.8 Å². The first-order valence-electron chi connectivity index (χ1n) is 11.2. The van der Waals surface area contributed by atoms with Crippen LogP contribution in [0.4, 0.5) is 13.2 Å². The third-order valence-corrected chi connectivity index (χ3v) is 6.59. The Morgan fingerprint density at radius 1 is 1.00 bits per heavy atom. The quantitative estimate of drug-likeness (QED) is 0.675. The van der Waals surface area contributed by atoms with Gasteiger partial charge in [-0.2, -0.15) is 13.2 Å². The number of nitrogens with zero attached hydrogens (tertiary/aromatic N) is 2. The molecule has 8 heteroatoms. The molecule has 5 nitrogen and oxygen atoms in total. The Balaban J connectivity index is 1.33. The molecule has 0 spiro atoms. The molecule has 0 radical (unpaired) electrons. The van der Waals surface area contributed by atoms with Gasteiger partial charge in [0.2, 0.25) is 5.91 Å². The molecule has 1 fully saturated rings. The molecule has 2 amide bonds. The minimum Gasteiger partial charge on any atom is -0.497 e. The van der Waals surface area contributed by atoms with Gasteiger partial charge in [-0.1, -0.05) is 6.07 Å². The number of rotatable bonds is 4. The van der Waals surface area contributed by atoms with Gasteiger partial charge in [0.1, 0.15) is 5.75 Å². The summed E-state index contributed by atoms with van der Waals surface area (Å²) in [7, 11) is 1.65. The lowest BCUT2D eigenvalue weighted by atomic mass is 9.80. The second-order valence-corrected chi connectivity index (χ2v) is 8.61. The predicted molar refractivity (Wildman–Crippen MR) is 117 cm³/mol. The van der Waals surface area contributed by atoms with Gasteiger partial charge in [-0.05, 0) is 72.7 Å². The Kier molecular flexibility index (Phi) is 6.63. The van der Waals surface area contributed by atoms with Gasteiger partial charge in [0.25, 0.3) is 5.91 Å². The van der Waals surface area contributed by atoms with E-state index in [1.807, 2.05) is 6.07 Å². The molecule has 2 aromatic rings. The third kappa shape index (κ3) is 5.15. The second kappa shape index (κ2) is 9.45. The summed E-state index contributed by atoms with van der Waals surface area (Å²) in [6.45, 7) is 1.58. The first-order valence-corrected chi connectivity index (χ1v) is 11.2. The van der Waals surface area contributed by atoms with Crippen molar-refractivity contribution in [1.82, 2.24) is 9.80 Å². The van der Waals surface area contributed by atoms with Crippen LogP contribution < -0.4 is 4.74 Å². The summed E-state index contributed by atoms with van der Waals surface area (Å²) in [4.78, 5) is 29.0. The summed E-state index contributed by atoms with van der Waals surface area (Å²) in [6, 6.07) is 10.3.